The zero-order valence-corrected chi connectivity index (χ0v) is 11.4. The summed E-state index contributed by atoms with van der Waals surface area (Å²) < 4.78 is 5.39. The lowest BCUT2D eigenvalue weighted by molar-refractivity contribution is -0.152. The van der Waals surface area contributed by atoms with Crippen molar-refractivity contribution in [2.75, 3.05) is 0 Å². The Labute approximate surface area is 114 Å². The van der Waals surface area contributed by atoms with Crippen molar-refractivity contribution in [3.05, 3.63) is 70.8 Å². The number of aryl methyl sites for hydroxylation is 2. The molecule has 0 saturated heterocycles. The molecule has 0 aliphatic carbocycles. The van der Waals surface area contributed by atoms with Crippen LogP contribution in [0.2, 0.25) is 0 Å². The van der Waals surface area contributed by atoms with Crippen molar-refractivity contribution < 1.29 is 9.84 Å². The molecule has 2 rings (SSSR count). The second-order valence-corrected chi connectivity index (χ2v) is 4.73. The van der Waals surface area contributed by atoms with Gasteiger partial charge in [0, 0.05) is 5.56 Å². The first-order chi connectivity index (χ1) is 9.19. The number of ether oxygens (including phenoxy) is 1. The highest BCUT2D eigenvalue weighted by Gasteiger charge is 2.09. The molecule has 0 heterocycles. The van der Waals surface area contributed by atoms with Gasteiger partial charge in [0.2, 0.25) is 6.29 Å². The van der Waals surface area contributed by atoms with Gasteiger partial charge in [-0.25, -0.2) is 0 Å². The third-order valence-corrected chi connectivity index (χ3v) is 3.14. The van der Waals surface area contributed by atoms with Crippen LogP contribution >= 0.6 is 0 Å². The van der Waals surface area contributed by atoms with Crippen molar-refractivity contribution in [3.8, 4) is 0 Å². The van der Waals surface area contributed by atoms with Crippen molar-refractivity contribution >= 4 is 0 Å². The molecule has 1 radical (unpaired) electrons. The van der Waals surface area contributed by atoms with E-state index in [9.17, 15) is 5.11 Å². The highest BCUT2D eigenvalue weighted by atomic mass is 16.6. The zero-order valence-electron chi connectivity index (χ0n) is 11.4. The van der Waals surface area contributed by atoms with E-state index in [-0.39, 0.29) is 0 Å². The standard InChI is InChI=1S/C17H19O2/c1-3-14-7-9-16(10-8-14)17(18)19-12-15-6-4-5-13(2)11-15/h4-11,17H,3,12H2,1-2H3. The van der Waals surface area contributed by atoms with E-state index in [0.717, 1.165) is 12.0 Å². The van der Waals surface area contributed by atoms with Crippen LogP contribution in [0.1, 0.15) is 35.5 Å². The Balaban J connectivity index is 1.95. The van der Waals surface area contributed by atoms with Gasteiger partial charge >= 0.3 is 0 Å². The normalized spacial score (nSPS) is 12.4. The van der Waals surface area contributed by atoms with E-state index in [2.05, 4.69) is 6.92 Å². The minimum atomic E-state index is -1.12. The summed E-state index contributed by atoms with van der Waals surface area (Å²) in [4.78, 5) is 0. The summed E-state index contributed by atoms with van der Waals surface area (Å²) in [6.07, 6.45) is -0.139. The van der Waals surface area contributed by atoms with Gasteiger partial charge in [0.25, 0.3) is 0 Å². The summed E-state index contributed by atoms with van der Waals surface area (Å²) in [6, 6.07) is 15.7. The summed E-state index contributed by atoms with van der Waals surface area (Å²) in [5.74, 6) is 0. The van der Waals surface area contributed by atoms with Gasteiger partial charge in [-0.2, -0.15) is 5.11 Å². The van der Waals surface area contributed by atoms with Gasteiger partial charge < -0.3 is 4.74 Å². The maximum atomic E-state index is 12.0. The first-order valence-electron chi connectivity index (χ1n) is 6.61. The van der Waals surface area contributed by atoms with Crippen molar-refractivity contribution in [3.63, 3.8) is 0 Å². The van der Waals surface area contributed by atoms with Crippen LogP contribution in [-0.4, -0.2) is 0 Å². The Hall–Kier alpha value is -1.64. The first-order valence-corrected chi connectivity index (χ1v) is 6.61. The molecule has 1 unspecified atom stereocenters. The second-order valence-electron chi connectivity index (χ2n) is 4.73. The van der Waals surface area contributed by atoms with E-state index in [1.165, 1.54) is 11.1 Å². The Morgan fingerprint density at radius 1 is 1.05 bits per heavy atom. The molecule has 19 heavy (non-hydrogen) atoms. The number of hydrogen-bond acceptors (Lipinski definition) is 1. The third kappa shape index (κ3) is 3.91. The number of rotatable bonds is 5. The van der Waals surface area contributed by atoms with Crippen LogP contribution in [0, 0.1) is 6.92 Å². The van der Waals surface area contributed by atoms with Gasteiger partial charge in [-0.3, -0.25) is 0 Å². The lowest BCUT2D eigenvalue weighted by Crippen LogP contribution is -2.02. The van der Waals surface area contributed by atoms with Crippen molar-refractivity contribution in [1.29, 1.82) is 0 Å². The topological polar surface area (TPSA) is 29.1 Å². The van der Waals surface area contributed by atoms with Gasteiger partial charge in [-0.05, 0) is 24.5 Å². The average molecular weight is 255 g/mol. The van der Waals surface area contributed by atoms with Crippen molar-refractivity contribution in [2.24, 2.45) is 0 Å². The molecule has 99 valence electrons. The Morgan fingerprint density at radius 3 is 2.42 bits per heavy atom. The molecular weight excluding hydrogens is 236 g/mol. The molecular formula is C17H19O2. The predicted molar refractivity (Wildman–Crippen MR) is 75.2 cm³/mol. The maximum absolute atomic E-state index is 12.0. The first kappa shape index (κ1) is 13.8. The van der Waals surface area contributed by atoms with E-state index < -0.39 is 6.29 Å². The molecule has 2 aromatic rings. The fourth-order valence-electron chi connectivity index (χ4n) is 1.98. The molecule has 0 spiro atoms. The fourth-order valence-corrected chi connectivity index (χ4v) is 1.98. The minimum Gasteiger partial charge on any atom is -0.341 e. The average Bonchev–Trinajstić information content (AvgIpc) is 2.45. The van der Waals surface area contributed by atoms with Crippen molar-refractivity contribution in [2.45, 2.75) is 33.2 Å². The summed E-state index contributed by atoms with van der Waals surface area (Å²) >= 11 is 0. The SMILES string of the molecule is CCc1ccc(C([O])OCc2cccc(C)c2)cc1. The molecule has 0 amide bonds. The molecule has 2 nitrogen and oxygen atoms in total. The van der Waals surface area contributed by atoms with E-state index >= 15 is 0 Å². The summed E-state index contributed by atoms with van der Waals surface area (Å²) in [6.45, 7) is 4.48. The maximum Gasteiger partial charge on any atom is 0.217 e. The summed E-state index contributed by atoms with van der Waals surface area (Å²) in [5.41, 5.74) is 4.13. The van der Waals surface area contributed by atoms with Gasteiger partial charge in [-0.15, -0.1) is 0 Å². The van der Waals surface area contributed by atoms with Crippen LogP contribution in [0.15, 0.2) is 48.5 Å². The van der Waals surface area contributed by atoms with Crippen LogP contribution in [0.5, 0.6) is 0 Å². The Bertz CT molecular complexity index is 517. The Morgan fingerprint density at radius 2 is 1.79 bits per heavy atom. The molecule has 0 N–H and O–H groups in total. The smallest absolute Gasteiger partial charge is 0.217 e. The largest absolute Gasteiger partial charge is 0.341 e. The van der Waals surface area contributed by atoms with E-state index in [4.69, 9.17) is 4.74 Å². The number of hydrogen-bond donors (Lipinski definition) is 0. The number of benzene rings is 2. The molecule has 0 bridgehead atoms. The van der Waals surface area contributed by atoms with Crippen LogP contribution < -0.4 is 0 Å². The van der Waals surface area contributed by atoms with Gasteiger partial charge in [0.05, 0.1) is 6.61 Å². The highest BCUT2D eigenvalue weighted by molar-refractivity contribution is 5.24. The molecule has 0 saturated carbocycles. The van der Waals surface area contributed by atoms with Crippen LogP contribution in [0.3, 0.4) is 0 Å². The van der Waals surface area contributed by atoms with Crippen molar-refractivity contribution in [1.82, 2.24) is 0 Å². The molecule has 2 heteroatoms. The molecule has 0 aliphatic rings. The molecule has 0 aliphatic heterocycles. The van der Waals surface area contributed by atoms with Gasteiger partial charge in [0.15, 0.2) is 0 Å². The van der Waals surface area contributed by atoms with Gasteiger partial charge in [0.1, 0.15) is 0 Å². The van der Waals surface area contributed by atoms with E-state index in [1.54, 1.807) is 0 Å². The van der Waals surface area contributed by atoms with Gasteiger partial charge in [-0.1, -0.05) is 61.0 Å². The van der Waals surface area contributed by atoms with Crippen LogP contribution in [-0.2, 0) is 22.9 Å². The van der Waals surface area contributed by atoms with Crippen LogP contribution in [0.4, 0.5) is 0 Å². The second kappa shape index (κ2) is 6.50. The zero-order chi connectivity index (χ0) is 13.7. The monoisotopic (exact) mass is 255 g/mol. The minimum absolute atomic E-state index is 0.353. The molecule has 0 aromatic heterocycles. The summed E-state index contributed by atoms with van der Waals surface area (Å²) in [7, 11) is 0. The van der Waals surface area contributed by atoms with E-state index in [1.807, 2.05) is 55.5 Å². The fraction of sp³-hybridized carbons (Fsp3) is 0.294. The molecule has 2 aromatic carbocycles. The quantitative estimate of drug-likeness (QED) is 0.736. The molecule has 0 fully saturated rings. The molecule has 1 atom stereocenters. The van der Waals surface area contributed by atoms with Crippen LogP contribution in [0.25, 0.3) is 0 Å². The van der Waals surface area contributed by atoms with E-state index in [0.29, 0.717) is 12.2 Å². The predicted octanol–water partition coefficient (Wildman–Crippen LogP) is 4.20. The Kier molecular flexibility index (Phi) is 4.72. The third-order valence-electron chi connectivity index (χ3n) is 3.14. The lowest BCUT2D eigenvalue weighted by atomic mass is 10.1. The lowest BCUT2D eigenvalue weighted by Gasteiger charge is -2.11. The summed E-state index contributed by atoms with van der Waals surface area (Å²) in [5, 5.41) is 12.0. The highest BCUT2D eigenvalue weighted by Crippen LogP contribution is 2.18.